The summed E-state index contributed by atoms with van der Waals surface area (Å²) < 4.78 is 30.6. The van der Waals surface area contributed by atoms with Gasteiger partial charge in [0.2, 0.25) is 0 Å². The predicted octanol–water partition coefficient (Wildman–Crippen LogP) is 0.917. The second-order valence-corrected chi connectivity index (χ2v) is 6.66. The maximum atomic E-state index is 14.7. The van der Waals surface area contributed by atoms with Crippen molar-refractivity contribution in [2.24, 2.45) is 0 Å². The zero-order chi connectivity index (χ0) is 20.1. The van der Waals surface area contributed by atoms with E-state index in [4.69, 9.17) is 18.6 Å². The van der Waals surface area contributed by atoms with E-state index in [1.165, 1.54) is 23.0 Å². The fourth-order valence-corrected chi connectivity index (χ4v) is 3.04. The Balaban J connectivity index is 1.74. The summed E-state index contributed by atoms with van der Waals surface area (Å²) in [5.74, 6) is 1.24. The maximum Gasteiger partial charge on any atom is 0.177 e. The Morgan fingerprint density at radius 2 is 1.96 bits per heavy atom. The van der Waals surface area contributed by atoms with Crippen LogP contribution in [-0.4, -0.2) is 63.9 Å². The van der Waals surface area contributed by atoms with Gasteiger partial charge in [-0.3, -0.25) is 9.69 Å². The number of piperazine rings is 1. The van der Waals surface area contributed by atoms with Crippen molar-refractivity contribution in [1.29, 1.82) is 0 Å². The van der Waals surface area contributed by atoms with E-state index in [-0.39, 0.29) is 22.9 Å². The molecule has 0 bridgehead atoms. The van der Waals surface area contributed by atoms with E-state index >= 15 is 0 Å². The highest BCUT2D eigenvalue weighted by atomic mass is 32.1. The fourth-order valence-electron chi connectivity index (χ4n) is 2.97. The minimum atomic E-state index is -0.669. The molecule has 7 nitrogen and oxygen atoms in total. The van der Waals surface area contributed by atoms with Crippen molar-refractivity contribution in [3.63, 3.8) is 0 Å². The molecular formula is C18H18F2N6OS. The Bertz CT molecular complexity index is 894. The highest BCUT2D eigenvalue weighted by molar-refractivity contribution is 7.81. The van der Waals surface area contributed by atoms with Crippen molar-refractivity contribution in [1.82, 2.24) is 25.2 Å². The lowest BCUT2D eigenvalue weighted by molar-refractivity contribution is -0.102. The molecule has 0 unspecified atom stereocenters. The molecule has 0 radical (unpaired) electrons. The molecule has 2 heterocycles. The number of carbonyl (C=O) groups is 1. The van der Waals surface area contributed by atoms with Gasteiger partial charge in [-0.15, -0.1) is 11.5 Å². The molecule has 10 heteroatoms. The van der Waals surface area contributed by atoms with Crippen LogP contribution in [0.15, 0.2) is 18.3 Å². The van der Waals surface area contributed by atoms with Crippen LogP contribution >= 0.6 is 12.2 Å². The summed E-state index contributed by atoms with van der Waals surface area (Å²) in [6, 6.07) is 2.43. The fraction of sp³-hybridized carbons (Fsp3) is 0.333. The van der Waals surface area contributed by atoms with Crippen LogP contribution in [0.4, 0.5) is 14.5 Å². The molecule has 2 aromatic rings. The summed E-state index contributed by atoms with van der Waals surface area (Å²) in [6.45, 7) is 2.98. The van der Waals surface area contributed by atoms with Crippen molar-refractivity contribution < 1.29 is 13.6 Å². The van der Waals surface area contributed by atoms with Crippen LogP contribution in [0.1, 0.15) is 5.69 Å². The van der Waals surface area contributed by atoms with Crippen LogP contribution in [0.3, 0.4) is 0 Å². The van der Waals surface area contributed by atoms with Crippen LogP contribution in [0, 0.1) is 24.0 Å². The molecule has 0 atom stereocenters. The van der Waals surface area contributed by atoms with Gasteiger partial charge in [0, 0.05) is 38.3 Å². The number of anilines is 1. The summed E-state index contributed by atoms with van der Waals surface area (Å²) >= 11 is 4.74. The molecule has 146 valence electrons. The maximum absolute atomic E-state index is 14.7. The van der Waals surface area contributed by atoms with Gasteiger partial charge in [-0.25, -0.2) is 13.5 Å². The lowest BCUT2D eigenvalue weighted by atomic mass is 10.2. The number of rotatable bonds is 6. The van der Waals surface area contributed by atoms with Gasteiger partial charge in [0.05, 0.1) is 25.0 Å². The third-order valence-corrected chi connectivity index (χ3v) is 4.60. The number of aromatic nitrogens is 3. The van der Waals surface area contributed by atoms with E-state index in [1.54, 1.807) is 4.90 Å². The van der Waals surface area contributed by atoms with Gasteiger partial charge in [-0.1, -0.05) is 23.4 Å². The van der Waals surface area contributed by atoms with Crippen molar-refractivity contribution in [2.45, 2.75) is 6.54 Å². The van der Waals surface area contributed by atoms with Gasteiger partial charge >= 0.3 is 0 Å². The summed E-state index contributed by atoms with van der Waals surface area (Å²) in [5.41, 5.74) is 0.627. The summed E-state index contributed by atoms with van der Waals surface area (Å²) in [7, 11) is 0. The number of carbonyl (C=O) groups excluding carboxylic acids is 1. The summed E-state index contributed by atoms with van der Waals surface area (Å²) in [6.07, 6.45) is 7.32. The van der Waals surface area contributed by atoms with Gasteiger partial charge < -0.3 is 10.2 Å². The molecule has 0 saturated carbocycles. The van der Waals surface area contributed by atoms with Gasteiger partial charge in [-0.2, -0.15) is 0 Å². The third-order valence-electron chi connectivity index (χ3n) is 4.36. The van der Waals surface area contributed by atoms with Gasteiger partial charge in [-0.05, 0) is 0 Å². The number of aldehydes is 1. The molecule has 0 spiro atoms. The molecule has 1 aromatic heterocycles. The average molecular weight is 404 g/mol. The summed E-state index contributed by atoms with van der Waals surface area (Å²) in [4.78, 5) is 14.3. The minimum Gasteiger partial charge on any atom is -0.368 e. The van der Waals surface area contributed by atoms with Crippen LogP contribution in [0.25, 0.3) is 5.69 Å². The van der Waals surface area contributed by atoms with E-state index in [0.717, 1.165) is 0 Å². The molecule has 0 amide bonds. The van der Waals surface area contributed by atoms with E-state index in [1.807, 2.05) is 0 Å². The van der Waals surface area contributed by atoms with E-state index < -0.39 is 11.6 Å². The molecule has 1 aromatic carbocycles. The first-order valence-corrected chi connectivity index (χ1v) is 8.97. The first-order chi connectivity index (χ1) is 13.5. The Hall–Kier alpha value is -2.90. The average Bonchev–Trinajstić information content (AvgIpc) is 3.16. The normalized spacial score (nSPS) is 14.5. The topological polar surface area (TPSA) is 66.3 Å². The van der Waals surface area contributed by atoms with Crippen LogP contribution < -0.4 is 10.2 Å². The number of benzene rings is 1. The van der Waals surface area contributed by atoms with Gasteiger partial charge in [0.15, 0.2) is 17.9 Å². The SMILES string of the molecule is C#CCN1CCN(c2c(F)cc(-n3cc(CNC(=S)C=O)nn3)cc2F)CC1. The number of hydrogen-bond donors (Lipinski definition) is 1. The Kier molecular flexibility index (Phi) is 6.28. The molecule has 28 heavy (non-hydrogen) atoms. The zero-order valence-corrected chi connectivity index (χ0v) is 15.8. The molecule has 1 N–H and O–H groups in total. The molecule has 1 fully saturated rings. The van der Waals surface area contributed by atoms with Crippen molar-refractivity contribution in [3.8, 4) is 18.0 Å². The molecule has 1 aliphatic rings. The Morgan fingerprint density at radius 1 is 1.29 bits per heavy atom. The van der Waals surface area contributed by atoms with Gasteiger partial charge in [0.25, 0.3) is 0 Å². The molecule has 3 rings (SSSR count). The molecule has 0 aliphatic carbocycles. The number of hydrogen-bond acceptors (Lipinski definition) is 6. The van der Waals surface area contributed by atoms with E-state index in [2.05, 4.69) is 26.4 Å². The highest BCUT2D eigenvalue weighted by Gasteiger charge is 2.23. The van der Waals surface area contributed by atoms with Crippen LogP contribution in [0.2, 0.25) is 0 Å². The largest absolute Gasteiger partial charge is 0.368 e. The smallest absolute Gasteiger partial charge is 0.177 e. The number of terminal acetylenes is 1. The lowest BCUT2D eigenvalue weighted by Gasteiger charge is -2.35. The molecule has 1 aliphatic heterocycles. The predicted molar refractivity (Wildman–Crippen MR) is 104 cm³/mol. The third kappa shape index (κ3) is 4.49. The van der Waals surface area contributed by atoms with Crippen LogP contribution in [0.5, 0.6) is 0 Å². The van der Waals surface area contributed by atoms with Crippen molar-refractivity contribution in [2.75, 3.05) is 37.6 Å². The van der Waals surface area contributed by atoms with Crippen molar-refractivity contribution in [3.05, 3.63) is 35.7 Å². The first kappa shape index (κ1) is 19.9. The quantitative estimate of drug-likeness (QED) is 0.436. The zero-order valence-electron chi connectivity index (χ0n) is 14.9. The minimum absolute atomic E-state index is 0.0401. The standard InChI is InChI=1S/C18H18F2N6OS/c1-2-3-24-4-6-25(7-5-24)18-15(19)8-14(9-16(18)20)26-11-13(22-23-26)10-21-17(28)12-27/h1,8-9,11-12H,3-7,10H2,(H,21,28). The first-order valence-electron chi connectivity index (χ1n) is 8.56. The number of nitrogens with one attached hydrogen (secondary N) is 1. The lowest BCUT2D eigenvalue weighted by Crippen LogP contribution is -2.47. The highest BCUT2D eigenvalue weighted by Crippen LogP contribution is 2.27. The monoisotopic (exact) mass is 404 g/mol. The second kappa shape index (κ2) is 8.86. The molecule has 1 saturated heterocycles. The van der Waals surface area contributed by atoms with E-state index in [9.17, 15) is 13.6 Å². The van der Waals surface area contributed by atoms with Crippen LogP contribution in [-0.2, 0) is 11.3 Å². The van der Waals surface area contributed by atoms with Gasteiger partial charge in [0.1, 0.15) is 16.4 Å². The molecular weight excluding hydrogens is 386 g/mol. The van der Waals surface area contributed by atoms with Crippen molar-refractivity contribution >= 4 is 29.2 Å². The Labute approximate surface area is 166 Å². The number of nitrogens with zero attached hydrogens (tertiary/aromatic N) is 5. The summed E-state index contributed by atoms with van der Waals surface area (Å²) in [5, 5.41) is 10.4. The second-order valence-electron chi connectivity index (χ2n) is 6.22. The number of thiocarbonyl (C=S) groups is 1. The Morgan fingerprint density at radius 3 is 2.57 bits per heavy atom. The van der Waals surface area contributed by atoms with E-state index in [0.29, 0.717) is 44.7 Å². The number of halogens is 2.